The van der Waals surface area contributed by atoms with Gasteiger partial charge in [-0.3, -0.25) is 4.68 Å². The van der Waals surface area contributed by atoms with Crippen molar-refractivity contribution in [1.82, 2.24) is 19.7 Å². The van der Waals surface area contributed by atoms with Gasteiger partial charge in [-0.05, 0) is 19.9 Å². The lowest BCUT2D eigenvalue weighted by Crippen LogP contribution is -2.06. The van der Waals surface area contributed by atoms with E-state index in [2.05, 4.69) is 20.4 Å². The Kier molecular flexibility index (Phi) is 3.24. The van der Waals surface area contributed by atoms with E-state index in [4.69, 9.17) is 5.26 Å². The minimum atomic E-state index is 0.368. The van der Waals surface area contributed by atoms with Gasteiger partial charge in [0.2, 0.25) is 5.95 Å². The fourth-order valence-electron chi connectivity index (χ4n) is 1.60. The summed E-state index contributed by atoms with van der Waals surface area (Å²) in [6, 6.07) is 3.67. The highest BCUT2D eigenvalue weighted by atomic mass is 15.3. The van der Waals surface area contributed by atoms with Gasteiger partial charge >= 0.3 is 0 Å². The second-order valence-electron chi connectivity index (χ2n) is 4.06. The van der Waals surface area contributed by atoms with Gasteiger partial charge in [-0.2, -0.15) is 10.4 Å². The number of nitrogens with one attached hydrogen (secondary N) is 1. The van der Waals surface area contributed by atoms with E-state index in [0.29, 0.717) is 18.2 Å². The maximum Gasteiger partial charge on any atom is 0.224 e. The summed E-state index contributed by atoms with van der Waals surface area (Å²) >= 11 is 0. The van der Waals surface area contributed by atoms with Gasteiger partial charge in [0.1, 0.15) is 11.8 Å². The molecule has 0 aliphatic heterocycles. The molecule has 0 fully saturated rings. The van der Waals surface area contributed by atoms with Crippen LogP contribution in [0.5, 0.6) is 0 Å². The third kappa shape index (κ3) is 2.46. The van der Waals surface area contributed by atoms with Crippen molar-refractivity contribution < 1.29 is 0 Å². The Morgan fingerprint density at radius 2 is 2.17 bits per heavy atom. The average Bonchev–Trinajstić information content (AvgIpc) is 2.67. The van der Waals surface area contributed by atoms with Crippen LogP contribution in [0.1, 0.15) is 22.6 Å². The number of hydrogen-bond donors (Lipinski definition) is 1. The second kappa shape index (κ2) is 4.84. The zero-order valence-corrected chi connectivity index (χ0v) is 10.6. The molecule has 0 saturated carbocycles. The number of nitrogens with zero attached hydrogens (tertiary/aromatic N) is 5. The third-order valence-corrected chi connectivity index (χ3v) is 2.74. The Morgan fingerprint density at radius 3 is 2.78 bits per heavy atom. The van der Waals surface area contributed by atoms with E-state index in [-0.39, 0.29) is 0 Å². The minimum Gasteiger partial charge on any atom is -0.350 e. The van der Waals surface area contributed by atoms with Gasteiger partial charge in [0.15, 0.2) is 0 Å². The van der Waals surface area contributed by atoms with Crippen molar-refractivity contribution in [2.75, 3.05) is 5.32 Å². The Bertz CT molecular complexity index is 608. The van der Waals surface area contributed by atoms with Crippen LogP contribution < -0.4 is 5.32 Å². The van der Waals surface area contributed by atoms with Crippen molar-refractivity contribution in [3.63, 3.8) is 0 Å². The van der Waals surface area contributed by atoms with Gasteiger partial charge in [-0.1, -0.05) is 0 Å². The van der Waals surface area contributed by atoms with E-state index in [0.717, 1.165) is 17.0 Å². The Labute approximate surface area is 105 Å². The monoisotopic (exact) mass is 242 g/mol. The molecule has 2 aromatic heterocycles. The molecule has 0 aliphatic carbocycles. The molecule has 0 radical (unpaired) electrons. The van der Waals surface area contributed by atoms with E-state index in [9.17, 15) is 0 Å². The summed E-state index contributed by atoms with van der Waals surface area (Å²) in [4.78, 5) is 8.33. The topological polar surface area (TPSA) is 79.4 Å². The Balaban J connectivity index is 2.13. The Hall–Kier alpha value is -2.42. The summed E-state index contributed by atoms with van der Waals surface area (Å²) < 4.78 is 1.81. The molecule has 6 nitrogen and oxygen atoms in total. The smallest absolute Gasteiger partial charge is 0.224 e. The van der Waals surface area contributed by atoms with Crippen LogP contribution in [0, 0.1) is 25.2 Å². The zero-order chi connectivity index (χ0) is 13.1. The van der Waals surface area contributed by atoms with E-state index in [1.807, 2.05) is 37.8 Å². The third-order valence-electron chi connectivity index (χ3n) is 2.74. The first-order valence-electron chi connectivity index (χ1n) is 5.57. The number of aryl methyl sites for hydroxylation is 2. The van der Waals surface area contributed by atoms with E-state index >= 15 is 0 Å². The first-order chi connectivity index (χ1) is 8.60. The predicted octanol–water partition coefficient (Wildman–Crippen LogP) is 1.31. The number of nitriles is 1. The molecule has 92 valence electrons. The predicted molar refractivity (Wildman–Crippen MR) is 66.8 cm³/mol. The van der Waals surface area contributed by atoms with Crippen LogP contribution in [0.3, 0.4) is 0 Å². The summed E-state index contributed by atoms with van der Waals surface area (Å²) in [7, 11) is 1.90. The van der Waals surface area contributed by atoms with Crippen LogP contribution in [0.2, 0.25) is 0 Å². The maximum absolute atomic E-state index is 8.84. The average molecular weight is 242 g/mol. The molecule has 0 aliphatic rings. The van der Waals surface area contributed by atoms with Crippen LogP contribution >= 0.6 is 0 Å². The van der Waals surface area contributed by atoms with Crippen LogP contribution in [0.15, 0.2) is 12.3 Å². The van der Waals surface area contributed by atoms with Gasteiger partial charge < -0.3 is 5.32 Å². The molecule has 0 saturated heterocycles. The first kappa shape index (κ1) is 12.0. The molecule has 0 aromatic carbocycles. The molecule has 2 heterocycles. The van der Waals surface area contributed by atoms with Gasteiger partial charge in [0, 0.05) is 30.5 Å². The molecule has 0 bridgehead atoms. The summed E-state index contributed by atoms with van der Waals surface area (Å²) in [5.74, 6) is 0.467. The number of hydrogen-bond acceptors (Lipinski definition) is 5. The van der Waals surface area contributed by atoms with Gasteiger partial charge in [0.05, 0.1) is 6.20 Å². The van der Waals surface area contributed by atoms with Crippen molar-refractivity contribution in [1.29, 1.82) is 5.26 Å². The molecule has 2 aromatic rings. The quantitative estimate of drug-likeness (QED) is 0.877. The molecule has 18 heavy (non-hydrogen) atoms. The lowest BCUT2D eigenvalue weighted by atomic mass is 10.2. The van der Waals surface area contributed by atoms with Crippen LogP contribution in [-0.4, -0.2) is 19.7 Å². The van der Waals surface area contributed by atoms with Crippen molar-refractivity contribution >= 4 is 5.95 Å². The first-order valence-corrected chi connectivity index (χ1v) is 5.57. The van der Waals surface area contributed by atoms with Crippen molar-refractivity contribution in [3.8, 4) is 6.07 Å². The molecular formula is C12H14N6. The van der Waals surface area contributed by atoms with Gasteiger partial charge in [-0.15, -0.1) is 0 Å². The number of aromatic nitrogens is 4. The fourth-order valence-corrected chi connectivity index (χ4v) is 1.60. The molecule has 0 spiro atoms. The second-order valence-corrected chi connectivity index (χ2v) is 4.06. The van der Waals surface area contributed by atoms with Crippen molar-refractivity contribution in [2.24, 2.45) is 7.05 Å². The standard InChI is InChI=1S/C12H14N6/c1-8-4-11(5-13)17-12(16-8)14-6-10-7-15-18(3)9(10)2/h4,7H,6H2,1-3H3,(H,14,16,17). The lowest BCUT2D eigenvalue weighted by Gasteiger charge is -2.05. The molecule has 0 amide bonds. The zero-order valence-electron chi connectivity index (χ0n) is 10.6. The summed E-state index contributed by atoms with van der Waals surface area (Å²) in [5.41, 5.74) is 3.32. The highest BCUT2D eigenvalue weighted by Gasteiger charge is 2.05. The maximum atomic E-state index is 8.84. The number of anilines is 1. The molecule has 1 N–H and O–H groups in total. The van der Waals surface area contributed by atoms with E-state index in [1.165, 1.54) is 0 Å². The molecule has 0 unspecified atom stereocenters. The fraction of sp³-hybridized carbons (Fsp3) is 0.333. The largest absolute Gasteiger partial charge is 0.350 e. The van der Waals surface area contributed by atoms with Crippen molar-refractivity contribution in [2.45, 2.75) is 20.4 Å². The van der Waals surface area contributed by atoms with E-state index in [1.54, 1.807) is 6.07 Å². The Morgan fingerprint density at radius 1 is 1.39 bits per heavy atom. The highest BCUT2D eigenvalue weighted by molar-refractivity contribution is 5.34. The summed E-state index contributed by atoms with van der Waals surface area (Å²) in [6.45, 7) is 4.43. The SMILES string of the molecule is Cc1cc(C#N)nc(NCc2cnn(C)c2C)n1. The summed E-state index contributed by atoms with van der Waals surface area (Å²) in [6.07, 6.45) is 1.81. The molecule has 0 atom stereocenters. The van der Waals surface area contributed by atoms with Crippen LogP contribution in [-0.2, 0) is 13.6 Å². The minimum absolute atomic E-state index is 0.368. The summed E-state index contributed by atoms with van der Waals surface area (Å²) in [5, 5.41) is 16.1. The lowest BCUT2D eigenvalue weighted by molar-refractivity contribution is 0.738. The van der Waals surface area contributed by atoms with Crippen LogP contribution in [0.4, 0.5) is 5.95 Å². The normalized spacial score (nSPS) is 10.1. The van der Waals surface area contributed by atoms with Gasteiger partial charge in [0.25, 0.3) is 0 Å². The number of rotatable bonds is 3. The molecule has 6 heteroatoms. The van der Waals surface area contributed by atoms with E-state index < -0.39 is 0 Å². The van der Waals surface area contributed by atoms with Crippen molar-refractivity contribution in [3.05, 3.63) is 34.9 Å². The molecular weight excluding hydrogens is 228 g/mol. The molecule has 2 rings (SSSR count). The highest BCUT2D eigenvalue weighted by Crippen LogP contribution is 2.09. The van der Waals surface area contributed by atoms with Gasteiger partial charge in [-0.25, -0.2) is 9.97 Å². The van der Waals surface area contributed by atoms with Crippen LogP contribution in [0.25, 0.3) is 0 Å².